The number of fused-ring (bicyclic) bond motifs is 1. The van der Waals surface area contributed by atoms with Crippen LogP contribution in [-0.2, 0) is 6.54 Å². The normalized spacial score (nSPS) is 16.2. The number of methoxy groups -OCH3 is 1. The summed E-state index contributed by atoms with van der Waals surface area (Å²) in [4.78, 5) is 26.8. The smallest absolute Gasteiger partial charge is 0.316 e. The lowest BCUT2D eigenvalue weighted by molar-refractivity contribution is 0.0669. The highest BCUT2D eigenvalue weighted by molar-refractivity contribution is 5.98. The van der Waals surface area contributed by atoms with E-state index in [9.17, 15) is 4.79 Å². The summed E-state index contributed by atoms with van der Waals surface area (Å²) in [6.45, 7) is 3.36. The molecule has 0 bridgehead atoms. The van der Waals surface area contributed by atoms with Crippen molar-refractivity contribution in [3.63, 3.8) is 0 Å². The third-order valence-corrected chi connectivity index (χ3v) is 5.53. The molecule has 0 unspecified atom stereocenters. The van der Waals surface area contributed by atoms with Crippen molar-refractivity contribution in [3.05, 3.63) is 65.8 Å². The first-order chi connectivity index (χ1) is 14.7. The van der Waals surface area contributed by atoms with E-state index in [-0.39, 0.29) is 11.9 Å². The second kappa shape index (κ2) is 8.98. The Balaban J connectivity index is 1.41. The first-order valence-electron chi connectivity index (χ1n) is 10.3. The minimum absolute atomic E-state index is 0.0588. The standard InChI is InChI=1S/C23H27N5O2/c1-3-28(22(29)21-11-17-7-4-5-10-20(17)27-21)19-9-6-8-18(12-19)24-13-16-14-25-23(30-2)26-15-16/h4-5,7-8,10-11,14-15,19,24,27H,3,6,9,12-13H2,1-2H3/t19-/m0/s1. The maximum absolute atomic E-state index is 13.2. The van der Waals surface area contributed by atoms with E-state index < -0.39 is 0 Å². The lowest BCUT2D eigenvalue weighted by Gasteiger charge is -2.33. The number of nitrogens with zero attached hydrogens (tertiary/aromatic N) is 3. The molecule has 2 N–H and O–H groups in total. The van der Waals surface area contributed by atoms with Crippen LogP contribution in [0.5, 0.6) is 6.01 Å². The molecule has 0 radical (unpaired) electrons. The molecule has 0 saturated heterocycles. The van der Waals surface area contributed by atoms with E-state index in [4.69, 9.17) is 4.74 Å². The number of amides is 1. The molecule has 1 aliphatic carbocycles. The number of ether oxygens (including phenoxy) is 1. The first kappa shape index (κ1) is 19.9. The number of aromatic nitrogens is 3. The zero-order valence-electron chi connectivity index (χ0n) is 17.4. The molecule has 0 aliphatic heterocycles. The van der Waals surface area contributed by atoms with E-state index in [0.717, 1.165) is 41.4 Å². The van der Waals surface area contributed by atoms with Crippen LogP contribution < -0.4 is 10.1 Å². The number of rotatable bonds is 7. The number of aromatic amines is 1. The van der Waals surface area contributed by atoms with Gasteiger partial charge in [-0.3, -0.25) is 4.79 Å². The molecule has 0 fully saturated rings. The molecule has 156 valence electrons. The third-order valence-electron chi connectivity index (χ3n) is 5.53. The van der Waals surface area contributed by atoms with E-state index in [1.165, 1.54) is 0 Å². The van der Waals surface area contributed by atoms with Gasteiger partial charge in [0.05, 0.1) is 7.11 Å². The van der Waals surface area contributed by atoms with Crippen LogP contribution in [0.2, 0.25) is 0 Å². The Hall–Kier alpha value is -3.35. The molecule has 2 heterocycles. The maximum Gasteiger partial charge on any atom is 0.316 e. The lowest BCUT2D eigenvalue weighted by Crippen LogP contribution is -2.42. The number of allylic oxidation sites excluding steroid dienone is 1. The lowest BCUT2D eigenvalue weighted by atomic mass is 9.97. The Morgan fingerprint density at radius 2 is 2.10 bits per heavy atom. The minimum atomic E-state index is 0.0588. The van der Waals surface area contributed by atoms with Crippen LogP contribution in [0.3, 0.4) is 0 Å². The summed E-state index contributed by atoms with van der Waals surface area (Å²) in [7, 11) is 1.55. The van der Waals surface area contributed by atoms with Gasteiger partial charge < -0.3 is 19.9 Å². The molecule has 0 spiro atoms. The van der Waals surface area contributed by atoms with Gasteiger partial charge in [-0.2, -0.15) is 0 Å². The van der Waals surface area contributed by atoms with Crippen molar-refractivity contribution in [2.24, 2.45) is 0 Å². The highest BCUT2D eigenvalue weighted by atomic mass is 16.5. The fourth-order valence-electron chi connectivity index (χ4n) is 3.97. The highest BCUT2D eigenvalue weighted by Gasteiger charge is 2.27. The zero-order chi connectivity index (χ0) is 20.9. The van der Waals surface area contributed by atoms with E-state index in [2.05, 4.69) is 26.3 Å². The molecule has 7 nitrogen and oxygen atoms in total. The molecule has 7 heteroatoms. The molecule has 4 rings (SSSR count). The van der Waals surface area contributed by atoms with Crippen molar-refractivity contribution in [2.75, 3.05) is 13.7 Å². The summed E-state index contributed by atoms with van der Waals surface area (Å²) in [5.74, 6) is 0.0588. The van der Waals surface area contributed by atoms with Gasteiger partial charge in [-0.05, 0) is 31.9 Å². The Labute approximate surface area is 176 Å². The Kier molecular flexibility index (Phi) is 5.97. The summed E-state index contributed by atoms with van der Waals surface area (Å²) >= 11 is 0. The average Bonchev–Trinajstić information content (AvgIpc) is 3.23. The molecule has 30 heavy (non-hydrogen) atoms. The number of para-hydroxylation sites is 1. The number of hydrogen-bond donors (Lipinski definition) is 2. The van der Waals surface area contributed by atoms with E-state index in [1.807, 2.05) is 42.2 Å². The molecule has 0 saturated carbocycles. The van der Waals surface area contributed by atoms with Gasteiger partial charge >= 0.3 is 6.01 Å². The fourth-order valence-corrected chi connectivity index (χ4v) is 3.97. The fraction of sp³-hybridized carbons (Fsp3) is 0.348. The Morgan fingerprint density at radius 3 is 2.83 bits per heavy atom. The predicted octanol–water partition coefficient (Wildman–Crippen LogP) is 3.65. The van der Waals surface area contributed by atoms with Gasteiger partial charge in [-0.25, -0.2) is 9.97 Å². The van der Waals surface area contributed by atoms with Crippen molar-refractivity contribution in [3.8, 4) is 6.01 Å². The first-order valence-corrected chi connectivity index (χ1v) is 10.3. The van der Waals surface area contributed by atoms with Gasteiger partial charge in [0, 0.05) is 60.1 Å². The van der Waals surface area contributed by atoms with Gasteiger partial charge in [0.25, 0.3) is 5.91 Å². The van der Waals surface area contributed by atoms with Crippen LogP contribution in [0.1, 0.15) is 42.2 Å². The van der Waals surface area contributed by atoms with Gasteiger partial charge in [-0.15, -0.1) is 0 Å². The quantitative estimate of drug-likeness (QED) is 0.627. The van der Waals surface area contributed by atoms with E-state index >= 15 is 0 Å². The zero-order valence-corrected chi connectivity index (χ0v) is 17.4. The monoisotopic (exact) mass is 405 g/mol. The molecular weight excluding hydrogens is 378 g/mol. The Bertz CT molecular complexity index is 1010. The highest BCUT2D eigenvalue weighted by Crippen LogP contribution is 2.24. The maximum atomic E-state index is 13.2. The van der Waals surface area contributed by atoms with Gasteiger partial charge in [0.15, 0.2) is 0 Å². The van der Waals surface area contributed by atoms with Crippen LogP contribution in [0.25, 0.3) is 10.9 Å². The van der Waals surface area contributed by atoms with Crippen LogP contribution >= 0.6 is 0 Å². The number of carbonyl (C=O) groups excluding carboxylic acids is 1. The van der Waals surface area contributed by atoms with Crippen LogP contribution in [-0.4, -0.2) is 45.5 Å². The number of H-pyrrole nitrogens is 1. The van der Waals surface area contributed by atoms with Crippen molar-refractivity contribution < 1.29 is 9.53 Å². The van der Waals surface area contributed by atoms with Gasteiger partial charge in [0.1, 0.15) is 5.69 Å². The molecule has 1 aromatic carbocycles. The molecular formula is C23H27N5O2. The number of carbonyl (C=O) groups is 1. The SMILES string of the molecule is CCN(C(=O)c1cc2ccccc2[nH]1)[C@H]1CCC=C(NCc2cnc(OC)nc2)C1. The van der Waals surface area contributed by atoms with Gasteiger partial charge in [-0.1, -0.05) is 24.3 Å². The van der Waals surface area contributed by atoms with Gasteiger partial charge in [0.2, 0.25) is 0 Å². The molecule has 3 aromatic rings. The molecule has 1 amide bonds. The van der Waals surface area contributed by atoms with Crippen LogP contribution in [0.15, 0.2) is 54.5 Å². The number of nitrogens with one attached hydrogen (secondary N) is 2. The predicted molar refractivity (Wildman–Crippen MR) is 116 cm³/mol. The van der Waals surface area contributed by atoms with Crippen molar-refractivity contribution in [1.82, 2.24) is 25.2 Å². The van der Waals surface area contributed by atoms with Crippen molar-refractivity contribution >= 4 is 16.8 Å². The second-order valence-electron chi connectivity index (χ2n) is 7.46. The minimum Gasteiger partial charge on any atom is -0.467 e. The van der Waals surface area contributed by atoms with Crippen LogP contribution in [0.4, 0.5) is 0 Å². The summed E-state index contributed by atoms with van der Waals surface area (Å²) in [6.07, 6.45) is 8.48. The molecule has 1 aliphatic rings. The third kappa shape index (κ3) is 4.30. The molecule has 2 aromatic heterocycles. The largest absolute Gasteiger partial charge is 0.467 e. The summed E-state index contributed by atoms with van der Waals surface area (Å²) in [5, 5.41) is 4.54. The Morgan fingerprint density at radius 1 is 1.30 bits per heavy atom. The summed E-state index contributed by atoms with van der Waals surface area (Å²) < 4.78 is 5.00. The number of hydrogen-bond acceptors (Lipinski definition) is 5. The summed E-state index contributed by atoms with van der Waals surface area (Å²) in [5.41, 5.74) is 3.78. The van der Waals surface area contributed by atoms with E-state index in [1.54, 1.807) is 19.5 Å². The summed E-state index contributed by atoms with van der Waals surface area (Å²) in [6, 6.07) is 10.5. The topological polar surface area (TPSA) is 83.1 Å². The van der Waals surface area contributed by atoms with Crippen molar-refractivity contribution in [1.29, 1.82) is 0 Å². The van der Waals surface area contributed by atoms with Crippen molar-refractivity contribution in [2.45, 2.75) is 38.8 Å². The van der Waals surface area contributed by atoms with E-state index in [0.29, 0.717) is 24.8 Å². The average molecular weight is 406 g/mol. The second-order valence-corrected chi connectivity index (χ2v) is 7.46. The number of benzene rings is 1. The van der Waals surface area contributed by atoms with Crippen LogP contribution in [0, 0.1) is 0 Å². The molecule has 1 atom stereocenters.